The van der Waals surface area contributed by atoms with E-state index >= 15 is 0 Å². The first-order valence-electron chi connectivity index (χ1n) is 6.20. The quantitative estimate of drug-likeness (QED) is 0.824. The molecule has 18 heavy (non-hydrogen) atoms. The second-order valence-corrected chi connectivity index (χ2v) is 4.50. The summed E-state index contributed by atoms with van der Waals surface area (Å²) in [4.78, 5) is 13.5. The van der Waals surface area contributed by atoms with Crippen LogP contribution in [0.25, 0.3) is 0 Å². The van der Waals surface area contributed by atoms with Crippen molar-refractivity contribution < 1.29 is 9.18 Å². The molecule has 98 valence electrons. The maximum atomic E-state index is 13.7. The Labute approximate surface area is 106 Å². The molecule has 1 aliphatic heterocycles. The first-order valence-corrected chi connectivity index (χ1v) is 6.20. The van der Waals surface area contributed by atoms with Crippen LogP contribution < -0.4 is 16.0 Å². The lowest BCUT2D eigenvalue weighted by Gasteiger charge is -2.40. The third-order valence-corrected chi connectivity index (χ3v) is 3.21. The number of anilines is 1. The molecular weight excluding hydrogens is 233 g/mol. The summed E-state index contributed by atoms with van der Waals surface area (Å²) in [6.45, 7) is 4.56. The molecule has 4 nitrogen and oxygen atoms in total. The Bertz CT molecular complexity index is 446. The second-order valence-electron chi connectivity index (χ2n) is 4.50. The monoisotopic (exact) mass is 251 g/mol. The lowest BCUT2D eigenvalue weighted by Crippen LogP contribution is -2.58. The van der Waals surface area contributed by atoms with Crippen molar-refractivity contribution in [1.82, 2.24) is 5.32 Å². The van der Waals surface area contributed by atoms with Gasteiger partial charge < -0.3 is 16.0 Å². The van der Waals surface area contributed by atoms with E-state index in [-0.39, 0.29) is 5.56 Å². The van der Waals surface area contributed by atoms with E-state index < -0.39 is 11.7 Å². The molecule has 0 aromatic heterocycles. The zero-order valence-electron chi connectivity index (χ0n) is 10.4. The number of primary amides is 1. The number of benzene rings is 1. The first-order chi connectivity index (χ1) is 8.65. The Morgan fingerprint density at radius 3 is 2.78 bits per heavy atom. The fourth-order valence-electron chi connectivity index (χ4n) is 2.23. The molecule has 0 spiro atoms. The normalized spacial score (nSPS) is 15.2. The highest BCUT2D eigenvalue weighted by Crippen LogP contribution is 2.26. The van der Waals surface area contributed by atoms with Crippen molar-refractivity contribution in [2.24, 2.45) is 5.73 Å². The Morgan fingerprint density at radius 2 is 2.28 bits per heavy atom. The molecule has 1 heterocycles. The van der Waals surface area contributed by atoms with Crippen molar-refractivity contribution >= 4 is 11.6 Å². The number of hydrogen-bond acceptors (Lipinski definition) is 3. The highest BCUT2D eigenvalue weighted by molar-refractivity contribution is 5.99. The molecule has 0 aliphatic carbocycles. The third-order valence-electron chi connectivity index (χ3n) is 3.21. The van der Waals surface area contributed by atoms with Crippen molar-refractivity contribution in [2.75, 3.05) is 24.5 Å². The van der Waals surface area contributed by atoms with E-state index in [1.54, 1.807) is 12.1 Å². The maximum absolute atomic E-state index is 13.7. The number of amides is 1. The van der Waals surface area contributed by atoms with Crippen LogP contribution in [0.15, 0.2) is 18.2 Å². The van der Waals surface area contributed by atoms with E-state index in [0.717, 1.165) is 26.1 Å². The lowest BCUT2D eigenvalue weighted by molar-refractivity contribution is 0.0997. The highest BCUT2D eigenvalue weighted by atomic mass is 19.1. The molecule has 5 heteroatoms. The standard InChI is InChI=1S/C13H18FN3O/c1-2-6-17(9-7-16-8-9)11-5-3-4-10(14)12(11)13(15)18/h3-5,9,16H,2,6-8H2,1H3,(H2,15,18). The molecule has 1 aliphatic rings. The molecule has 0 atom stereocenters. The topological polar surface area (TPSA) is 58.4 Å². The summed E-state index contributed by atoms with van der Waals surface area (Å²) >= 11 is 0. The van der Waals surface area contributed by atoms with Gasteiger partial charge in [-0.25, -0.2) is 4.39 Å². The summed E-state index contributed by atoms with van der Waals surface area (Å²) in [7, 11) is 0. The Hall–Kier alpha value is -1.62. The molecule has 0 radical (unpaired) electrons. The van der Waals surface area contributed by atoms with Gasteiger partial charge >= 0.3 is 0 Å². The van der Waals surface area contributed by atoms with E-state index in [2.05, 4.69) is 17.1 Å². The molecule has 2 rings (SSSR count). The van der Waals surface area contributed by atoms with Crippen LogP contribution in [0.5, 0.6) is 0 Å². The summed E-state index contributed by atoms with van der Waals surface area (Å²) in [6.07, 6.45) is 0.936. The van der Waals surface area contributed by atoms with Crippen LogP contribution in [0.3, 0.4) is 0 Å². The smallest absolute Gasteiger partial charge is 0.253 e. The summed E-state index contributed by atoms with van der Waals surface area (Å²) in [5, 5.41) is 3.18. The zero-order chi connectivity index (χ0) is 13.1. The fraction of sp³-hybridized carbons (Fsp3) is 0.462. The molecular formula is C13H18FN3O. The minimum Gasteiger partial charge on any atom is -0.365 e. The summed E-state index contributed by atoms with van der Waals surface area (Å²) in [5.74, 6) is -1.26. The van der Waals surface area contributed by atoms with Crippen molar-refractivity contribution in [3.63, 3.8) is 0 Å². The summed E-state index contributed by atoms with van der Waals surface area (Å²) < 4.78 is 13.7. The number of nitrogens with one attached hydrogen (secondary N) is 1. The molecule has 0 saturated carbocycles. The molecule has 0 unspecified atom stereocenters. The molecule has 1 aromatic rings. The predicted molar refractivity (Wildman–Crippen MR) is 69.2 cm³/mol. The zero-order valence-corrected chi connectivity index (χ0v) is 10.4. The van der Waals surface area contributed by atoms with Gasteiger partial charge in [0.05, 0.1) is 17.3 Å². The Balaban J connectivity index is 2.39. The Morgan fingerprint density at radius 1 is 1.56 bits per heavy atom. The van der Waals surface area contributed by atoms with E-state index in [9.17, 15) is 9.18 Å². The van der Waals surface area contributed by atoms with Crippen LogP contribution in [0.1, 0.15) is 23.7 Å². The number of halogens is 1. The van der Waals surface area contributed by atoms with Crippen LogP contribution in [0.2, 0.25) is 0 Å². The molecule has 1 fully saturated rings. The second kappa shape index (κ2) is 5.35. The number of carbonyl (C=O) groups is 1. The Kier molecular flexibility index (Phi) is 3.81. The minimum absolute atomic E-state index is 0.00199. The summed E-state index contributed by atoms with van der Waals surface area (Å²) in [6, 6.07) is 4.96. The van der Waals surface area contributed by atoms with Gasteiger partial charge in [-0.15, -0.1) is 0 Å². The first kappa shape index (κ1) is 12.8. The van der Waals surface area contributed by atoms with E-state index in [1.807, 2.05) is 0 Å². The van der Waals surface area contributed by atoms with E-state index in [1.165, 1.54) is 6.07 Å². The molecule has 0 bridgehead atoms. The van der Waals surface area contributed by atoms with Crippen LogP contribution >= 0.6 is 0 Å². The highest BCUT2D eigenvalue weighted by Gasteiger charge is 2.27. The van der Waals surface area contributed by atoms with Crippen LogP contribution in [0.4, 0.5) is 10.1 Å². The molecule has 3 N–H and O–H groups in total. The summed E-state index contributed by atoms with van der Waals surface area (Å²) in [5.41, 5.74) is 5.89. The third kappa shape index (κ3) is 2.31. The fourth-order valence-corrected chi connectivity index (χ4v) is 2.23. The van der Waals surface area contributed by atoms with Crippen LogP contribution in [-0.4, -0.2) is 31.6 Å². The number of hydrogen-bond donors (Lipinski definition) is 2. The van der Waals surface area contributed by atoms with Crippen molar-refractivity contribution in [3.8, 4) is 0 Å². The molecule has 1 aromatic carbocycles. The SMILES string of the molecule is CCCN(c1cccc(F)c1C(N)=O)C1CNC1. The van der Waals surface area contributed by atoms with Gasteiger partial charge in [-0.1, -0.05) is 13.0 Å². The number of rotatable bonds is 5. The van der Waals surface area contributed by atoms with Gasteiger partial charge in [0.15, 0.2) is 0 Å². The number of carbonyl (C=O) groups excluding carboxylic acids is 1. The van der Waals surface area contributed by atoms with Gasteiger partial charge in [-0.3, -0.25) is 4.79 Å². The van der Waals surface area contributed by atoms with Gasteiger partial charge in [0.1, 0.15) is 5.82 Å². The maximum Gasteiger partial charge on any atom is 0.253 e. The van der Waals surface area contributed by atoms with Gasteiger partial charge in [-0.05, 0) is 18.6 Å². The van der Waals surface area contributed by atoms with Crippen molar-refractivity contribution in [1.29, 1.82) is 0 Å². The van der Waals surface area contributed by atoms with Crippen LogP contribution in [0, 0.1) is 5.82 Å². The van der Waals surface area contributed by atoms with Gasteiger partial charge in [0.25, 0.3) is 5.91 Å². The number of nitrogens with zero attached hydrogens (tertiary/aromatic N) is 1. The van der Waals surface area contributed by atoms with E-state index in [0.29, 0.717) is 11.7 Å². The largest absolute Gasteiger partial charge is 0.365 e. The molecule has 1 amide bonds. The average Bonchev–Trinajstić information content (AvgIpc) is 2.25. The van der Waals surface area contributed by atoms with Gasteiger partial charge in [0, 0.05) is 19.6 Å². The minimum atomic E-state index is -0.712. The van der Waals surface area contributed by atoms with Crippen LogP contribution in [-0.2, 0) is 0 Å². The average molecular weight is 251 g/mol. The molecule has 1 saturated heterocycles. The van der Waals surface area contributed by atoms with Crippen molar-refractivity contribution in [3.05, 3.63) is 29.6 Å². The van der Waals surface area contributed by atoms with Gasteiger partial charge in [-0.2, -0.15) is 0 Å². The van der Waals surface area contributed by atoms with Gasteiger partial charge in [0.2, 0.25) is 0 Å². The van der Waals surface area contributed by atoms with E-state index in [4.69, 9.17) is 5.73 Å². The lowest BCUT2D eigenvalue weighted by atomic mass is 10.0. The predicted octanol–water partition coefficient (Wildman–Crippen LogP) is 1.11. The van der Waals surface area contributed by atoms with Crippen molar-refractivity contribution in [2.45, 2.75) is 19.4 Å². The number of nitrogens with two attached hydrogens (primary N) is 1.